The van der Waals surface area contributed by atoms with Gasteiger partial charge in [0.15, 0.2) is 0 Å². The van der Waals surface area contributed by atoms with Gasteiger partial charge in [0.25, 0.3) is 0 Å². The predicted octanol–water partition coefficient (Wildman–Crippen LogP) is 4.35. The lowest BCUT2D eigenvalue weighted by molar-refractivity contribution is -0.146. The van der Waals surface area contributed by atoms with Crippen molar-refractivity contribution in [1.29, 1.82) is 0 Å². The maximum atomic E-state index is 12.4. The maximum Gasteiger partial charge on any atom is 0.308 e. The molecule has 3 nitrogen and oxygen atoms in total. The molecule has 0 spiro atoms. The van der Waals surface area contributed by atoms with Crippen molar-refractivity contribution in [1.82, 2.24) is 4.90 Å². The van der Waals surface area contributed by atoms with Gasteiger partial charge in [0, 0.05) is 6.04 Å². The van der Waals surface area contributed by atoms with E-state index in [1.54, 1.807) is 0 Å². The molecule has 1 fully saturated rings. The first-order chi connectivity index (χ1) is 11.8. The fourth-order valence-corrected chi connectivity index (χ4v) is 3.32. The van der Waals surface area contributed by atoms with E-state index in [1.165, 1.54) is 24.8 Å². The summed E-state index contributed by atoms with van der Waals surface area (Å²) in [4.78, 5) is 14.8. The number of piperidine rings is 1. The highest BCUT2D eigenvalue weighted by molar-refractivity contribution is 5.70. The third-order valence-electron chi connectivity index (χ3n) is 4.62. The van der Waals surface area contributed by atoms with E-state index < -0.39 is 0 Å². The van der Waals surface area contributed by atoms with Gasteiger partial charge in [-0.25, -0.2) is 0 Å². The summed E-state index contributed by atoms with van der Waals surface area (Å²) in [7, 11) is 0. The molecule has 3 heteroatoms. The van der Waals surface area contributed by atoms with Gasteiger partial charge in [-0.3, -0.25) is 9.69 Å². The van der Waals surface area contributed by atoms with Crippen LogP contribution in [0.15, 0.2) is 60.7 Å². The lowest BCUT2D eigenvalue weighted by Gasteiger charge is -2.34. The average molecular weight is 323 g/mol. The van der Waals surface area contributed by atoms with Gasteiger partial charge in [-0.05, 0) is 37.1 Å². The normalized spacial score (nSPS) is 16.5. The Morgan fingerprint density at radius 2 is 1.54 bits per heavy atom. The minimum absolute atomic E-state index is 0.120. The molecule has 2 aromatic rings. The summed E-state index contributed by atoms with van der Waals surface area (Å²) in [5.74, 6) is -0.127. The van der Waals surface area contributed by atoms with Crippen LogP contribution < -0.4 is 0 Å². The smallest absolute Gasteiger partial charge is 0.308 e. The molecule has 1 unspecified atom stereocenters. The van der Waals surface area contributed by atoms with Gasteiger partial charge in [0.1, 0.15) is 6.61 Å². The SMILES string of the molecule is O=C(CC(c1ccccc1)N1CCCCC1)OCc1ccccc1. The fraction of sp³-hybridized carbons (Fsp3) is 0.381. The molecule has 0 radical (unpaired) electrons. The molecule has 0 N–H and O–H groups in total. The first-order valence-corrected chi connectivity index (χ1v) is 8.81. The molecule has 2 aromatic carbocycles. The molecule has 1 aliphatic rings. The highest BCUT2D eigenvalue weighted by atomic mass is 16.5. The Morgan fingerprint density at radius 1 is 0.917 bits per heavy atom. The average Bonchev–Trinajstić information content (AvgIpc) is 2.67. The van der Waals surface area contributed by atoms with E-state index in [-0.39, 0.29) is 12.0 Å². The van der Waals surface area contributed by atoms with E-state index in [4.69, 9.17) is 4.74 Å². The van der Waals surface area contributed by atoms with Gasteiger partial charge in [-0.1, -0.05) is 67.1 Å². The van der Waals surface area contributed by atoms with Crippen molar-refractivity contribution < 1.29 is 9.53 Å². The lowest BCUT2D eigenvalue weighted by atomic mass is 9.99. The molecule has 0 aromatic heterocycles. The second-order valence-corrected chi connectivity index (χ2v) is 6.37. The Balaban J connectivity index is 1.63. The van der Waals surface area contributed by atoms with Crippen molar-refractivity contribution in [2.75, 3.05) is 13.1 Å². The standard InChI is InChI=1S/C21H25NO2/c23-21(24-17-18-10-4-1-5-11-18)16-20(19-12-6-2-7-13-19)22-14-8-3-9-15-22/h1-2,4-7,10-13,20H,3,8-9,14-17H2. The van der Waals surface area contributed by atoms with Gasteiger partial charge in [-0.2, -0.15) is 0 Å². The zero-order chi connectivity index (χ0) is 16.6. The zero-order valence-corrected chi connectivity index (χ0v) is 14.1. The molecule has 24 heavy (non-hydrogen) atoms. The number of hydrogen-bond acceptors (Lipinski definition) is 3. The Kier molecular flexibility index (Phi) is 6.02. The van der Waals surface area contributed by atoms with Crippen molar-refractivity contribution in [3.8, 4) is 0 Å². The summed E-state index contributed by atoms with van der Waals surface area (Å²) in [6.07, 6.45) is 4.12. The third-order valence-corrected chi connectivity index (χ3v) is 4.62. The van der Waals surface area contributed by atoms with Crippen molar-refractivity contribution in [3.05, 3.63) is 71.8 Å². The van der Waals surface area contributed by atoms with Gasteiger partial charge >= 0.3 is 5.97 Å². The molecular weight excluding hydrogens is 298 g/mol. The van der Waals surface area contributed by atoms with Crippen LogP contribution in [0, 0.1) is 0 Å². The van der Waals surface area contributed by atoms with Crippen LogP contribution in [-0.4, -0.2) is 24.0 Å². The number of ether oxygens (including phenoxy) is 1. The number of carbonyl (C=O) groups excluding carboxylic acids is 1. The first kappa shape index (κ1) is 16.7. The Morgan fingerprint density at radius 3 is 2.21 bits per heavy atom. The molecule has 0 saturated carbocycles. The van der Waals surface area contributed by atoms with Crippen molar-refractivity contribution in [2.24, 2.45) is 0 Å². The van der Waals surface area contributed by atoms with Crippen LogP contribution in [0.25, 0.3) is 0 Å². The minimum atomic E-state index is -0.127. The van der Waals surface area contributed by atoms with Gasteiger partial charge in [-0.15, -0.1) is 0 Å². The van der Waals surface area contributed by atoms with Crippen LogP contribution >= 0.6 is 0 Å². The molecule has 126 valence electrons. The monoisotopic (exact) mass is 323 g/mol. The number of benzene rings is 2. The van der Waals surface area contributed by atoms with Crippen LogP contribution in [0.4, 0.5) is 0 Å². The minimum Gasteiger partial charge on any atom is -0.461 e. The van der Waals surface area contributed by atoms with E-state index in [0.717, 1.165) is 18.7 Å². The van der Waals surface area contributed by atoms with Crippen LogP contribution in [0.3, 0.4) is 0 Å². The van der Waals surface area contributed by atoms with Crippen molar-refractivity contribution >= 4 is 5.97 Å². The van der Waals surface area contributed by atoms with Crippen LogP contribution in [0.2, 0.25) is 0 Å². The number of esters is 1. The first-order valence-electron chi connectivity index (χ1n) is 8.81. The summed E-state index contributed by atoms with van der Waals surface area (Å²) >= 11 is 0. The van der Waals surface area contributed by atoms with Gasteiger partial charge < -0.3 is 4.74 Å². The molecule has 1 aliphatic heterocycles. The van der Waals surface area contributed by atoms with Crippen LogP contribution in [-0.2, 0) is 16.1 Å². The van der Waals surface area contributed by atoms with Crippen LogP contribution in [0.5, 0.6) is 0 Å². The molecule has 3 rings (SSSR count). The molecule has 1 atom stereocenters. The summed E-state index contributed by atoms with van der Waals surface area (Å²) in [5, 5.41) is 0. The summed E-state index contributed by atoms with van der Waals surface area (Å²) in [5.41, 5.74) is 2.23. The topological polar surface area (TPSA) is 29.5 Å². The van der Waals surface area contributed by atoms with Crippen molar-refractivity contribution in [2.45, 2.75) is 38.3 Å². The molecule has 1 saturated heterocycles. The fourth-order valence-electron chi connectivity index (χ4n) is 3.32. The summed E-state index contributed by atoms with van der Waals surface area (Å²) in [6.45, 7) is 2.47. The number of carbonyl (C=O) groups is 1. The molecular formula is C21H25NO2. The quantitative estimate of drug-likeness (QED) is 0.740. The van der Waals surface area contributed by atoms with Gasteiger partial charge in [0.2, 0.25) is 0 Å². The molecule has 1 heterocycles. The number of nitrogens with zero attached hydrogens (tertiary/aromatic N) is 1. The third kappa shape index (κ3) is 4.68. The Bertz CT molecular complexity index is 621. The van der Waals surface area contributed by atoms with E-state index >= 15 is 0 Å². The molecule has 0 aliphatic carbocycles. The van der Waals surface area contributed by atoms with E-state index in [2.05, 4.69) is 17.0 Å². The van der Waals surface area contributed by atoms with Crippen LogP contribution in [0.1, 0.15) is 42.9 Å². The Hall–Kier alpha value is -2.13. The van der Waals surface area contributed by atoms with Gasteiger partial charge in [0.05, 0.1) is 6.42 Å². The highest BCUT2D eigenvalue weighted by Gasteiger charge is 2.25. The second kappa shape index (κ2) is 8.65. The summed E-state index contributed by atoms with van der Waals surface area (Å²) < 4.78 is 5.51. The van der Waals surface area contributed by atoms with Crippen molar-refractivity contribution in [3.63, 3.8) is 0 Å². The zero-order valence-electron chi connectivity index (χ0n) is 14.1. The number of likely N-dealkylation sites (tertiary alicyclic amines) is 1. The van der Waals surface area contributed by atoms with E-state index in [1.807, 2.05) is 48.5 Å². The predicted molar refractivity (Wildman–Crippen MR) is 95.5 cm³/mol. The highest BCUT2D eigenvalue weighted by Crippen LogP contribution is 2.28. The Labute approximate surface area is 144 Å². The molecule has 0 amide bonds. The maximum absolute atomic E-state index is 12.4. The molecule has 0 bridgehead atoms. The summed E-state index contributed by atoms with van der Waals surface area (Å²) in [6, 6.07) is 20.3. The number of hydrogen-bond donors (Lipinski definition) is 0. The van der Waals surface area contributed by atoms with E-state index in [0.29, 0.717) is 13.0 Å². The second-order valence-electron chi connectivity index (χ2n) is 6.37. The van der Waals surface area contributed by atoms with E-state index in [9.17, 15) is 4.79 Å². The lowest BCUT2D eigenvalue weighted by Crippen LogP contribution is -2.35. The number of rotatable bonds is 6. The largest absolute Gasteiger partial charge is 0.461 e.